The molecule has 124 valence electrons. The molecule has 2 aromatic heterocycles. The van der Waals surface area contributed by atoms with Gasteiger partial charge in [0.15, 0.2) is 12.3 Å². The number of morpholine rings is 1. The summed E-state index contributed by atoms with van der Waals surface area (Å²) in [6.45, 7) is 1.02. The number of hydrogen-bond donors (Lipinski definition) is 1. The second-order valence-electron chi connectivity index (χ2n) is 5.37. The van der Waals surface area contributed by atoms with Gasteiger partial charge in [-0.1, -0.05) is 0 Å². The van der Waals surface area contributed by atoms with E-state index in [1.165, 1.54) is 4.90 Å². The van der Waals surface area contributed by atoms with Crippen LogP contribution in [0.4, 0.5) is 5.82 Å². The molecule has 0 radical (unpaired) electrons. The largest absolute Gasteiger partial charge is 0.365 e. The molecule has 1 fully saturated rings. The maximum absolute atomic E-state index is 12.3. The first-order valence-electron chi connectivity index (χ1n) is 7.59. The van der Waals surface area contributed by atoms with Crippen LogP contribution in [-0.4, -0.2) is 46.6 Å². The van der Waals surface area contributed by atoms with Crippen LogP contribution >= 0.6 is 0 Å². The Morgan fingerprint density at radius 2 is 2.12 bits per heavy atom. The first-order valence-corrected chi connectivity index (χ1v) is 7.59. The first kappa shape index (κ1) is 16.4. The van der Waals surface area contributed by atoms with Gasteiger partial charge in [-0.05, 0) is 24.3 Å². The van der Waals surface area contributed by atoms with E-state index >= 15 is 0 Å². The predicted octanol–water partition coefficient (Wildman–Crippen LogP) is 1.14. The molecule has 8 heteroatoms. The van der Waals surface area contributed by atoms with Crippen molar-refractivity contribution in [3.8, 4) is 23.5 Å². The highest BCUT2D eigenvalue weighted by atomic mass is 16.5. The van der Waals surface area contributed by atoms with Crippen LogP contribution in [0.1, 0.15) is 5.56 Å². The van der Waals surface area contributed by atoms with Crippen molar-refractivity contribution in [2.45, 2.75) is 6.10 Å². The molecule has 2 aromatic rings. The van der Waals surface area contributed by atoms with Crippen molar-refractivity contribution in [1.82, 2.24) is 14.9 Å². The average molecular weight is 334 g/mol. The Morgan fingerprint density at radius 1 is 1.28 bits per heavy atom. The summed E-state index contributed by atoms with van der Waals surface area (Å²) in [5, 5.41) is 20.6. The summed E-state index contributed by atoms with van der Waals surface area (Å²) in [7, 11) is 0. The third-order valence-electron chi connectivity index (χ3n) is 3.70. The van der Waals surface area contributed by atoms with Gasteiger partial charge < -0.3 is 15.0 Å². The molecule has 0 aliphatic carbocycles. The van der Waals surface area contributed by atoms with E-state index in [0.717, 1.165) is 5.56 Å². The Balaban J connectivity index is 1.74. The van der Waals surface area contributed by atoms with Gasteiger partial charge in [-0.3, -0.25) is 9.78 Å². The lowest BCUT2D eigenvalue weighted by atomic mass is 10.1. The normalized spacial score (nSPS) is 16.6. The highest BCUT2D eigenvalue weighted by Gasteiger charge is 2.26. The van der Waals surface area contributed by atoms with Gasteiger partial charge in [0.05, 0.1) is 37.0 Å². The number of anilines is 1. The van der Waals surface area contributed by atoms with E-state index in [4.69, 9.17) is 15.3 Å². The van der Waals surface area contributed by atoms with Gasteiger partial charge >= 0.3 is 0 Å². The Labute approximate surface area is 144 Å². The second kappa shape index (κ2) is 7.39. The van der Waals surface area contributed by atoms with E-state index in [9.17, 15) is 4.79 Å². The summed E-state index contributed by atoms with van der Waals surface area (Å²) >= 11 is 0. The van der Waals surface area contributed by atoms with Crippen LogP contribution < -0.4 is 5.32 Å². The number of carbonyl (C=O) groups is 1. The highest BCUT2D eigenvalue weighted by Crippen LogP contribution is 2.20. The SMILES string of the molecule is N#Cc1ccnc(-c2ccnc(NC(=O)C3CN(C#N)CCO3)c2)c1. The summed E-state index contributed by atoms with van der Waals surface area (Å²) in [6.07, 6.45) is 4.40. The van der Waals surface area contributed by atoms with E-state index in [1.54, 1.807) is 36.7 Å². The lowest BCUT2D eigenvalue weighted by molar-refractivity contribution is -0.131. The molecule has 1 aliphatic heterocycles. The summed E-state index contributed by atoms with van der Waals surface area (Å²) in [5.41, 5.74) is 1.84. The van der Waals surface area contributed by atoms with Gasteiger partial charge in [0.1, 0.15) is 5.82 Å². The number of aromatic nitrogens is 2. The minimum absolute atomic E-state index is 0.216. The quantitative estimate of drug-likeness (QED) is 0.837. The average Bonchev–Trinajstić information content (AvgIpc) is 2.68. The lowest BCUT2D eigenvalue weighted by Crippen LogP contribution is -2.46. The number of amides is 1. The fourth-order valence-electron chi connectivity index (χ4n) is 2.42. The molecular formula is C17H14N6O2. The van der Waals surface area contributed by atoms with Crippen LogP contribution in [0.25, 0.3) is 11.3 Å². The Morgan fingerprint density at radius 3 is 2.92 bits per heavy atom. The van der Waals surface area contributed by atoms with E-state index in [2.05, 4.69) is 21.4 Å². The Kier molecular flexibility index (Phi) is 4.84. The maximum atomic E-state index is 12.3. The van der Waals surface area contributed by atoms with Gasteiger partial charge in [0.2, 0.25) is 0 Å². The number of ether oxygens (including phenoxy) is 1. The molecule has 0 aromatic carbocycles. The zero-order chi connectivity index (χ0) is 17.6. The molecule has 0 spiro atoms. The van der Waals surface area contributed by atoms with Crippen molar-refractivity contribution in [1.29, 1.82) is 10.5 Å². The van der Waals surface area contributed by atoms with E-state index < -0.39 is 6.10 Å². The minimum Gasteiger partial charge on any atom is -0.365 e. The van der Waals surface area contributed by atoms with Crippen molar-refractivity contribution in [2.24, 2.45) is 0 Å². The van der Waals surface area contributed by atoms with Gasteiger partial charge in [-0.15, -0.1) is 0 Å². The third-order valence-corrected chi connectivity index (χ3v) is 3.70. The predicted molar refractivity (Wildman–Crippen MR) is 87.7 cm³/mol. The van der Waals surface area contributed by atoms with Gasteiger partial charge in [0.25, 0.3) is 5.91 Å². The fourth-order valence-corrected chi connectivity index (χ4v) is 2.42. The molecule has 8 nitrogen and oxygen atoms in total. The summed E-state index contributed by atoms with van der Waals surface area (Å²) in [4.78, 5) is 22.1. The molecule has 1 aliphatic rings. The molecule has 3 rings (SSSR count). The van der Waals surface area contributed by atoms with Crippen LogP contribution in [0.15, 0.2) is 36.7 Å². The molecule has 0 bridgehead atoms. The monoisotopic (exact) mass is 334 g/mol. The first-order chi connectivity index (χ1) is 12.2. The fraction of sp³-hybridized carbons (Fsp3) is 0.235. The van der Waals surface area contributed by atoms with Crippen molar-refractivity contribution in [3.05, 3.63) is 42.2 Å². The minimum atomic E-state index is -0.723. The number of nitrogens with zero attached hydrogens (tertiary/aromatic N) is 5. The van der Waals surface area contributed by atoms with Crippen LogP contribution in [0.2, 0.25) is 0 Å². The number of nitriles is 2. The summed E-state index contributed by atoms with van der Waals surface area (Å²) < 4.78 is 5.41. The van der Waals surface area contributed by atoms with Crippen molar-refractivity contribution in [3.63, 3.8) is 0 Å². The van der Waals surface area contributed by atoms with Gasteiger partial charge in [-0.25, -0.2) is 4.98 Å². The molecular weight excluding hydrogens is 320 g/mol. The van der Waals surface area contributed by atoms with Crippen molar-refractivity contribution >= 4 is 11.7 Å². The van der Waals surface area contributed by atoms with Crippen LogP contribution in [0, 0.1) is 22.8 Å². The molecule has 25 heavy (non-hydrogen) atoms. The second-order valence-corrected chi connectivity index (χ2v) is 5.37. The van der Waals surface area contributed by atoms with Gasteiger partial charge in [0, 0.05) is 18.0 Å². The van der Waals surface area contributed by atoms with Crippen LogP contribution in [0.5, 0.6) is 0 Å². The van der Waals surface area contributed by atoms with Crippen molar-refractivity contribution in [2.75, 3.05) is 25.0 Å². The standard InChI is InChI=1S/C17H14N6O2/c18-9-12-1-3-20-14(7-12)13-2-4-21-16(8-13)22-17(24)15-10-23(11-19)5-6-25-15/h1-4,7-8,15H,5-6,10H2,(H,21,22,24). The van der Waals surface area contributed by atoms with E-state index in [-0.39, 0.29) is 12.5 Å². The van der Waals surface area contributed by atoms with Crippen LogP contribution in [0.3, 0.4) is 0 Å². The van der Waals surface area contributed by atoms with Crippen LogP contribution in [-0.2, 0) is 9.53 Å². The maximum Gasteiger partial charge on any atom is 0.256 e. The molecule has 1 atom stereocenters. The summed E-state index contributed by atoms with van der Waals surface area (Å²) in [5.74, 6) is -0.00678. The zero-order valence-electron chi connectivity index (χ0n) is 13.2. The Bertz CT molecular complexity index is 870. The molecule has 1 unspecified atom stereocenters. The molecule has 1 N–H and O–H groups in total. The smallest absolute Gasteiger partial charge is 0.256 e. The number of carbonyl (C=O) groups excluding carboxylic acids is 1. The topological polar surface area (TPSA) is 115 Å². The summed E-state index contributed by atoms with van der Waals surface area (Å²) in [6, 6.07) is 8.76. The Hall–Kier alpha value is -3.49. The number of pyridine rings is 2. The zero-order valence-corrected chi connectivity index (χ0v) is 13.2. The third kappa shape index (κ3) is 3.89. The molecule has 1 saturated heterocycles. The van der Waals surface area contributed by atoms with E-state index in [1.807, 2.05) is 6.19 Å². The highest BCUT2D eigenvalue weighted by molar-refractivity contribution is 5.94. The van der Waals surface area contributed by atoms with E-state index in [0.29, 0.717) is 30.2 Å². The van der Waals surface area contributed by atoms with Crippen molar-refractivity contribution < 1.29 is 9.53 Å². The lowest BCUT2D eigenvalue weighted by Gasteiger charge is -2.28. The number of rotatable bonds is 3. The molecule has 3 heterocycles. The number of hydrogen-bond acceptors (Lipinski definition) is 7. The number of nitrogens with one attached hydrogen (secondary N) is 1. The van der Waals surface area contributed by atoms with Gasteiger partial charge in [-0.2, -0.15) is 10.5 Å². The molecule has 1 amide bonds. The molecule has 0 saturated carbocycles.